The molecule has 4 rings (SSSR count). The number of halogens is 1. The van der Waals surface area contributed by atoms with Crippen LogP contribution in [0.15, 0.2) is 71.0 Å². The number of aliphatic hydroxyl groups is 1. The number of ether oxygens (including phenoxy) is 6. The number of nitrogens with one attached hydrogen (secondary N) is 3. The number of aliphatic hydroxyl groups excluding tert-OH is 1. The summed E-state index contributed by atoms with van der Waals surface area (Å²) in [5, 5.41) is 20.1. The number of esters is 2. The van der Waals surface area contributed by atoms with Crippen LogP contribution in [0.2, 0.25) is 0 Å². The Balaban J connectivity index is 1.38. The van der Waals surface area contributed by atoms with Crippen LogP contribution in [-0.4, -0.2) is 69.1 Å². The molecule has 4 N–H and O–H groups in total. The van der Waals surface area contributed by atoms with Gasteiger partial charge in [-0.15, -0.1) is 0 Å². The van der Waals surface area contributed by atoms with Crippen molar-refractivity contribution in [3.63, 3.8) is 0 Å². The van der Waals surface area contributed by atoms with Gasteiger partial charge in [0, 0.05) is 5.70 Å². The highest BCUT2D eigenvalue weighted by Gasteiger charge is 2.32. The summed E-state index contributed by atoms with van der Waals surface area (Å²) in [7, 11) is 1.27. The van der Waals surface area contributed by atoms with Gasteiger partial charge in [0.2, 0.25) is 0 Å². The average molecular weight is 817 g/mol. The second-order valence-electron chi connectivity index (χ2n) is 10.9. The summed E-state index contributed by atoms with van der Waals surface area (Å²) >= 11 is 2.16. The zero-order valence-corrected chi connectivity index (χ0v) is 31.1. The molecule has 0 fully saturated rings. The molecule has 3 aromatic carbocycles. The number of rotatable bonds is 17. The highest BCUT2D eigenvalue weighted by atomic mass is 127. The van der Waals surface area contributed by atoms with Gasteiger partial charge in [0.1, 0.15) is 13.2 Å². The fraction of sp³-hybridized carbons (Fsp3) is 0.333. The van der Waals surface area contributed by atoms with Gasteiger partial charge in [-0.2, -0.15) is 5.10 Å². The molecule has 0 bridgehead atoms. The minimum absolute atomic E-state index is 0.178. The van der Waals surface area contributed by atoms with Crippen LogP contribution in [0.4, 0.5) is 4.79 Å². The molecule has 0 unspecified atom stereocenters. The van der Waals surface area contributed by atoms with E-state index in [4.69, 9.17) is 28.4 Å². The molecule has 0 spiro atoms. The standard InChI is InChI=1S/C36H41IN4O10/c1-6-47-28-17-25(32-31(35(44)46-5)21(4)39-36(45)40-32)13-14-27(28)50-20-30(42)41-38-18-23-15-26(37)33(29(16-23)48-7-2)51-19-22-9-11-24(12-10-22)34(43)49-8-3/h9-18,30,32,41-42H,6-8,19-20H2,1-5H3,(H2,39,40,45)/b38-18+/t30-,32-/m1/s1. The van der Waals surface area contributed by atoms with Crippen LogP contribution in [0.1, 0.15) is 60.8 Å². The minimum atomic E-state index is -1.18. The van der Waals surface area contributed by atoms with Gasteiger partial charge in [0.25, 0.3) is 0 Å². The number of methoxy groups -OCH3 is 1. The predicted octanol–water partition coefficient (Wildman–Crippen LogP) is 4.97. The molecule has 0 aromatic heterocycles. The number of benzene rings is 3. The van der Waals surface area contributed by atoms with Crippen molar-refractivity contribution in [2.24, 2.45) is 5.10 Å². The number of carbonyl (C=O) groups is 3. The first-order valence-corrected chi connectivity index (χ1v) is 17.2. The van der Waals surface area contributed by atoms with E-state index in [1.165, 1.54) is 13.3 Å². The molecule has 3 aromatic rings. The van der Waals surface area contributed by atoms with Gasteiger partial charge in [-0.3, -0.25) is 5.43 Å². The molecule has 1 aliphatic heterocycles. The van der Waals surface area contributed by atoms with E-state index in [2.05, 4.69) is 43.8 Å². The van der Waals surface area contributed by atoms with Crippen molar-refractivity contribution in [1.82, 2.24) is 16.1 Å². The molecule has 0 aliphatic carbocycles. The highest BCUT2D eigenvalue weighted by molar-refractivity contribution is 14.1. The van der Waals surface area contributed by atoms with Gasteiger partial charge in [-0.05, 0) is 103 Å². The first-order valence-electron chi connectivity index (χ1n) is 16.2. The molecule has 15 heteroatoms. The lowest BCUT2D eigenvalue weighted by Crippen LogP contribution is -2.45. The summed E-state index contributed by atoms with van der Waals surface area (Å²) in [6.45, 7) is 8.18. The van der Waals surface area contributed by atoms with Gasteiger partial charge in [-0.25, -0.2) is 14.4 Å². The van der Waals surface area contributed by atoms with Gasteiger partial charge in [0.05, 0.1) is 53.9 Å². The fourth-order valence-corrected chi connectivity index (χ4v) is 5.77. The van der Waals surface area contributed by atoms with Crippen LogP contribution in [-0.2, 0) is 20.9 Å². The first-order chi connectivity index (χ1) is 24.6. The quantitative estimate of drug-likeness (QED) is 0.0477. The Labute approximate surface area is 309 Å². The lowest BCUT2D eigenvalue weighted by Gasteiger charge is -2.28. The zero-order valence-electron chi connectivity index (χ0n) is 28.9. The third-order valence-corrected chi connectivity index (χ3v) is 8.09. The van der Waals surface area contributed by atoms with Gasteiger partial charge in [0.15, 0.2) is 29.2 Å². The monoisotopic (exact) mass is 816 g/mol. The number of carbonyl (C=O) groups excluding carboxylic acids is 3. The third-order valence-electron chi connectivity index (χ3n) is 7.29. The van der Waals surface area contributed by atoms with Crippen LogP contribution in [0.3, 0.4) is 0 Å². The van der Waals surface area contributed by atoms with Crippen molar-refractivity contribution >= 4 is 46.8 Å². The molecule has 2 atom stereocenters. The average Bonchev–Trinajstić information content (AvgIpc) is 3.10. The van der Waals surface area contributed by atoms with Crippen LogP contribution in [0, 0.1) is 3.57 Å². The molecule has 2 amide bonds. The van der Waals surface area contributed by atoms with E-state index in [1.54, 1.807) is 50.2 Å². The van der Waals surface area contributed by atoms with Crippen molar-refractivity contribution in [3.8, 4) is 23.0 Å². The van der Waals surface area contributed by atoms with Crippen LogP contribution in [0.25, 0.3) is 0 Å². The molecular weight excluding hydrogens is 775 g/mol. The Morgan fingerprint density at radius 2 is 1.67 bits per heavy atom. The molecule has 51 heavy (non-hydrogen) atoms. The van der Waals surface area contributed by atoms with Crippen molar-refractivity contribution in [2.45, 2.75) is 46.6 Å². The Kier molecular flexibility index (Phi) is 14.3. The minimum Gasteiger partial charge on any atom is -0.490 e. The second kappa shape index (κ2) is 18.8. The topological polar surface area (TPSA) is 175 Å². The Morgan fingerprint density at radius 3 is 2.35 bits per heavy atom. The molecule has 1 aliphatic rings. The molecular formula is C36H41IN4O10. The normalized spacial score (nSPS) is 14.6. The number of hydrogen-bond donors (Lipinski definition) is 4. The van der Waals surface area contributed by atoms with E-state index in [1.807, 2.05) is 32.0 Å². The van der Waals surface area contributed by atoms with E-state index < -0.39 is 24.3 Å². The number of hydrazone groups is 1. The summed E-state index contributed by atoms with van der Waals surface area (Å²) < 4.78 is 34.3. The summed E-state index contributed by atoms with van der Waals surface area (Å²) in [6.07, 6.45) is 0.354. The number of hydrogen-bond acceptors (Lipinski definition) is 12. The predicted molar refractivity (Wildman–Crippen MR) is 196 cm³/mol. The van der Waals surface area contributed by atoms with E-state index >= 15 is 0 Å². The zero-order chi connectivity index (χ0) is 36.9. The maximum absolute atomic E-state index is 12.5. The van der Waals surface area contributed by atoms with Crippen LogP contribution >= 0.6 is 22.6 Å². The summed E-state index contributed by atoms with van der Waals surface area (Å²) in [5.74, 6) is 0.835. The summed E-state index contributed by atoms with van der Waals surface area (Å²) in [4.78, 5) is 36.6. The molecule has 272 valence electrons. The Morgan fingerprint density at radius 1 is 0.941 bits per heavy atom. The largest absolute Gasteiger partial charge is 0.490 e. The van der Waals surface area contributed by atoms with Crippen LogP contribution < -0.4 is 35.0 Å². The Bertz CT molecular complexity index is 1760. The van der Waals surface area contributed by atoms with E-state index in [0.717, 1.165) is 9.13 Å². The number of allylic oxidation sites excluding steroid dienone is 1. The summed E-state index contributed by atoms with van der Waals surface area (Å²) in [5.41, 5.74) is 5.90. The molecule has 0 radical (unpaired) electrons. The lowest BCUT2D eigenvalue weighted by molar-refractivity contribution is -0.136. The third kappa shape index (κ3) is 10.5. The number of urea groups is 1. The van der Waals surface area contributed by atoms with Crippen molar-refractivity contribution in [3.05, 3.63) is 91.7 Å². The second-order valence-corrected chi connectivity index (χ2v) is 12.0. The van der Waals surface area contributed by atoms with E-state index in [0.29, 0.717) is 65.2 Å². The van der Waals surface area contributed by atoms with Gasteiger partial charge < -0.3 is 44.2 Å². The van der Waals surface area contributed by atoms with Gasteiger partial charge in [-0.1, -0.05) is 18.2 Å². The van der Waals surface area contributed by atoms with Gasteiger partial charge >= 0.3 is 18.0 Å². The first kappa shape index (κ1) is 38.8. The number of nitrogens with zero attached hydrogens (tertiary/aromatic N) is 1. The van der Waals surface area contributed by atoms with Crippen molar-refractivity contribution < 1.29 is 47.9 Å². The lowest BCUT2D eigenvalue weighted by atomic mass is 9.95. The van der Waals surface area contributed by atoms with Crippen molar-refractivity contribution in [1.29, 1.82) is 0 Å². The summed E-state index contributed by atoms with van der Waals surface area (Å²) in [6, 6.07) is 14.4. The van der Waals surface area contributed by atoms with E-state index in [-0.39, 0.29) is 24.8 Å². The molecule has 14 nitrogen and oxygen atoms in total. The van der Waals surface area contributed by atoms with Crippen LogP contribution in [0.5, 0.6) is 23.0 Å². The van der Waals surface area contributed by atoms with E-state index in [9.17, 15) is 19.5 Å². The Hall–Kier alpha value is -5.03. The highest BCUT2D eigenvalue weighted by Crippen LogP contribution is 2.36. The van der Waals surface area contributed by atoms with Crippen molar-refractivity contribution in [2.75, 3.05) is 33.5 Å². The maximum atomic E-state index is 12.5. The SMILES string of the molecule is CCOC(=O)c1ccc(COc2c(I)cc(/C=N/N[C@H](O)COc3ccc([C@H]4NC(=O)NC(C)=C4C(=O)OC)cc3OCC)cc2OCC)cc1. The smallest absolute Gasteiger partial charge is 0.338 e. The molecule has 0 saturated heterocycles. The maximum Gasteiger partial charge on any atom is 0.338 e. The molecule has 1 heterocycles. The molecule has 0 saturated carbocycles. The number of amides is 2. The fourth-order valence-electron chi connectivity index (χ4n) is 4.99.